The Bertz CT molecular complexity index is 489. The van der Waals surface area contributed by atoms with Crippen LogP contribution in [-0.2, 0) is 17.1 Å². The molecule has 18 heavy (non-hydrogen) atoms. The fraction of sp³-hybridized carbons (Fsp3) is 0.727. The third kappa shape index (κ3) is 3.30. The van der Waals surface area contributed by atoms with E-state index in [4.69, 9.17) is 5.73 Å². The zero-order valence-corrected chi connectivity index (χ0v) is 11.4. The molecular weight excluding hydrogens is 252 g/mol. The number of hydrogen-bond acceptors (Lipinski definition) is 4. The van der Waals surface area contributed by atoms with Crippen LogP contribution in [0.25, 0.3) is 0 Å². The van der Waals surface area contributed by atoms with Crippen molar-refractivity contribution in [3.8, 4) is 0 Å². The van der Waals surface area contributed by atoms with Crippen molar-refractivity contribution in [1.29, 1.82) is 0 Å². The summed E-state index contributed by atoms with van der Waals surface area (Å²) in [5, 5.41) is 3.87. The molecule has 1 aliphatic carbocycles. The van der Waals surface area contributed by atoms with Gasteiger partial charge in [-0.1, -0.05) is 0 Å². The number of sulfonamides is 1. The second-order valence-electron chi connectivity index (χ2n) is 4.98. The monoisotopic (exact) mass is 272 g/mol. The van der Waals surface area contributed by atoms with Gasteiger partial charge in [0.2, 0.25) is 10.0 Å². The predicted molar refractivity (Wildman–Crippen MR) is 68.3 cm³/mol. The van der Waals surface area contributed by atoms with Gasteiger partial charge in [0.05, 0.1) is 6.20 Å². The first-order valence-corrected chi connectivity index (χ1v) is 7.69. The van der Waals surface area contributed by atoms with E-state index in [1.54, 1.807) is 7.05 Å². The van der Waals surface area contributed by atoms with Crippen LogP contribution in [0, 0.1) is 5.92 Å². The predicted octanol–water partition coefficient (Wildman–Crippen LogP) is 0.216. The second kappa shape index (κ2) is 5.38. The lowest BCUT2D eigenvalue weighted by Crippen LogP contribution is -2.34. The number of nitrogens with one attached hydrogen (secondary N) is 1. The first-order valence-electron chi connectivity index (χ1n) is 6.21. The van der Waals surface area contributed by atoms with E-state index in [0.29, 0.717) is 12.5 Å². The molecule has 0 radical (unpaired) electrons. The minimum absolute atomic E-state index is 0.220. The van der Waals surface area contributed by atoms with Crippen LogP contribution < -0.4 is 10.5 Å². The fourth-order valence-corrected chi connectivity index (χ4v) is 3.34. The summed E-state index contributed by atoms with van der Waals surface area (Å²) in [5.41, 5.74) is 5.82. The Kier molecular flexibility index (Phi) is 4.04. The zero-order chi connectivity index (χ0) is 13.2. The maximum absolute atomic E-state index is 12.0. The number of nitrogens with two attached hydrogens (primary N) is 1. The Morgan fingerprint density at radius 1 is 1.44 bits per heavy atom. The smallest absolute Gasteiger partial charge is 0.243 e. The van der Waals surface area contributed by atoms with Crippen molar-refractivity contribution in [1.82, 2.24) is 14.5 Å². The molecule has 0 atom stereocenters. The highest BCUT2D eigenvalue weighted by molar-refractivity contribution is 7.89. The highest BCUT2D eigenvalue weighted by Crippen LogP contribution is 2.22. The van der Waals surface area contributed by atoms with Crippen LogP contribution in [-0.4, -0.2) is 30.8 Å². The van der Waals surface area contributed by atoms with E-state index in [9.17, 15) is 8.42 Å². The Morgan fingerprint density at radius 3 is 2.67 bits per heavy atom. The Hall–Kier alpha value is -0.920. The minimum Gasteiger partial charge on any atom is -0.328 e. The molecule has 3 N–H and O–H groups in total. The molecule has 0 aliphatic heterocycles. The molecule has 6 nitrogen and oxygen atoms in total. The first-order chi connectivity index (χ1) is 8.47. The van der Waals surface area contributed by atoms with Crippen molar-refractivity contribution in [2.24, 2.45) is 18.7 Å². The standard InChI is InChI=1S/C11H20N4O2S/c1-15-8-11(7-13-15)18(16,17)14-6-9-2-4-10(12)5-3-9/h7-10,14H,2-6,12H2,1H3. The lowest BCUT2D eigenvalue weighted by Gasteiger charge is -2.25. The van der Waals surface area contributed by atoms with Gasteiger partial charge >= 0.3 is 0 Å². The third-order valence-electron chi connectivity index (χ3n) is 3.44. The van der Waals surface area contributed by atoms with E-state index in [-0.39, 0.29) is 10.9 Å². The molecular formula is C11H20N4O2S. The molecule has 1 saturated carbocycles. The number of rotatable bonds is 4. The number of hydrogen-bond donors (Lipinski definition) is 2. The quantitative estimate of drug-likeness (QED) is 0.820. The SMILES string of the molecule is Cn1cc(S(=O)(=O)NCC2CCC(N)CC2)cn1. The van der Waals surface area contributed by atoms with E-state index in [0.717, 1.165) is 25.7 Å². The van der Waals surface area contributed by atoms with Gasteiger partial charge in [-0.25, -0.2) is 13.1 Å². The topological polar surface area (TPSA) is 90.0 Å². The lowest BCUT2D eigenvalue weighted by molar-refractivity contribution is 0.326. The largest absolute Gasteiger partial charge is 0.328 e. The summed E-state index contributed by atoms with van der Waals surface area (Å²) in [6.07, 6.45) is 6.82. The van der Waals surface area contributed by atoms with Crippen LogP contribution in [0.15, 0.2) is 17.3 Å². The molecule has 7 heteroatoms. The summed E-state index contributed by atoms with van der Waals surface area (Å²) in [5.74, 6) is 0.399. The van der Waals surface area contributed by atoms with Gasteiger partial charge in [0.1, 0.15) is 4.90 Å². The molecule has 0 saturated heterocycles. The van der Waals surface area contributed by atoms with Gasteiger partial charge in [0.25, 0.3) is 0 Å². The molecule has 0 amide bonds. The van der Waals surface area contributed by atoms with Crippen molar-refractivity contribution in [2.75, 3.05) is 6.54 Å². The van der Waals surface area contributed by atoms with E-state index in [2.05, 4.69) is 9.82 Å². The van der Waals surface area contributed by atoms with Crippen molar-refractivity contribution < 1.29 is 8.42 Å². The maximum atomic E-state index is 12.0. The Labute approximate surface area is 108 Å². The summed E-state index contributed by atoms with van der Waals surface area (Å²) in [4.78, 5) is 0.220. The van der Waals surface area contributed by atoms with E-state index < -0.39 is 10.0 Å². The summed E-state index contributed by atoms with van der Waals surface area (Å²) >= 11 is 0. The van der Waals surface area contributed by atoms with Crippen molar-refractivity contribution >= 4 is 10.0 Å². The zero-order valence-electron chi connectivity index (χ0n) is 10.5. The van der Waals surface area contributed by atoms with Crippen LogP contribution in [0.5, 0.6) is 0 Å². The van der Waals surface area contributed by atoms with Crippen molar-refractivity contribution in [3.05, 3.63) is 12.4 Å². The normalized spacial score (nSPS) is 25.2. The molecule has 102 valence electrons. The maximum Gasteiger partial charge on any atom is 0.243 e. The van der Waals surface area contributed by atoms with E-state index >= 15 is 0 Å². The molecule has 1 aromatic heterocycles. The number of aryl methyl sites for hydroxylation is 1. The third-order valence-corrected chi connectivity index (χ3v) is 4.82. The summed E-state index contributed by atoms with van der Waals surface area (Å²) < 4.78 is 28.1. The van der Waals surface area contributed by atoms with Gasteiger partial charge in [-0.15, -0.1) is 0 Å². The molecule has 0 bridgehead atoms. The molecule has 0 unspecified atom stereocenters. The van der Waals surface area contributed by atoms with Crippen LogP contribution >= 0.6 is 0 Å². The average molecular weight is 272 g/mol. The van der Waals surface area contributed by atoms with Gasteiger partial charge in [-0.05, 0) is 31.6 Å². The van der Waals surface area contributed by atoms with E-state index in [1.165, 1.54) is 17.1 Å². The minimum atomic E-state index is -3.42. The first kappa shape index (κ1) is 13.5. The molecule has 0 spiro atoms. The highest BCUT2D eigenvalue weighted by atomic mass is 32.2. The van der Waals surface area contributed by atoms with Gasteiger partial charge in [-0.2, -0.15) is 5.10 Å². The molecule has 2 rings (SSSR count). The van der Waals surface area contributed by atoms with Gasteiger partial charge in [-0.3, -0.25) is 4.68 Å². The molecule has 0 aromatic carbocycles. The second-order valence-corrected chi connectivity index (χ2v) is 6.75. The van der Waals surface area contributed by atoms with Gasteiger partial charge in [0.15, 0.2) is 0 Å². The summed E-state index contributed by atoms with van der Waals surface area (Å²) in [6, 6.07) is 0.288. The highest BCUT2D eigenvalue weighted by Gasteiger charge is 2.22. The van der Waals surface area contributed by atoms with Crippen LogP contribution in [0.3, 0.4) is 0 Å². The summed E-state index contributed by atoms with van der Waals surface area (Å²) in [6.45, 7) is 0.490. The Balaban J connectivity index is 1.90. The van der Waals surface area contributed by atoms with Gasteiger partial charge in [0, 0.05) is 25.8 Å². The van der Waals surface area contributed by atoms with Crippen LogP contribution in [0.2, 0.25) is 0 Å². The van der Waals surface area contributed by atoms with Crippen LogP contribution in [0.4, 0.5) is 0 Å². The van der Waals surface area contributed by atoms with Crippen LogP contribution in [0.1, 0.15) is 25.7 Å². The lowest BCUT2D eigenvalue weighted by atomic mass is 9.87. The Morgan fingerprint density at radius 2 is 2.11 bits per heavy atom. The molecule has 1 fully saturated rings. The number of aromatic nitrogens is 2. The number of nitrogens with zero attached hydrogens (tertiary/aromatic N) is 2. The molecule has 1 heterocycles. The molecule has 1 aliphatic rings. The fourth-order valence-electron chi connectivity index (χ4n) is 2.24. The van der Waals surface area contributed by atoms with Crippen molar-refractivity contribution in [2.45, 2.75) is 36.6 Å². The molecule has 1 aromatic rings. The average Bonchev–Trinajstić information content (AvgIpc) is 2.76. The summed E-state index contributed by atoms with van der Waals surface area (Å²) in [7, 11) is -1.72. The van der Waals surface area contributed by atoms with Crippen molar-refractivity contribution in [3.63, 3.8) is 0 Å². The van der Waals surface area contributed by atoms with E-state index in [1.807, 2.05) is 0 Å². The van der Waals surface area contributed by atoms with Gasteiger partial charge < -0.3 is 5.73 Å².